The van der Waals surface area contributed by atoms with Crippen LogP contribution in [0.25, 0.3) is 0 Å². The van der Waals surface area contributed by atoms with Crippen LogP contribution in [-0.4, -0.2) is 20.9 Å². The number of carbonyl (C=O) groups is 1. The van der Waals surface area contributed by atoms with E-state index in [1.165, 1.54) is 0 Å². The van der Waals surface area contributed by atoms with Gasteiger partial charge in [0.1, 0.15) is 0 Å². The largest absolute Gasteiger partial charge is 0.326 e. The van der Waals surface area contributed by atoms with Crippen molar-refractivity contribution >= 4 is 21.6 Å². The van der Waals surface area contributed by atoms with Gasteiger partial charge in [-0.2, -0.15) is 0 Å². The van der Waals surface area contributed by atoms with E-state index in [0.29, 0.717) is 6.54 Å². The highest BCUT2D eigenvalue weighted by Gasteiger charge is 2.22. The minimum atomic E-state index is -3.55. The fourth-order valence-electron chi connectivity index (χ4n) is 3.01. The highest BCUT2D eigenvalue weighted by molar-refractivity contribution is 7.89. The number of carbonyl (C=O) groups excluding carboxylic acids is 1. The Morgan fingerprint density at radius 2 is 1.60 bits per heavy atom. The fourth-order valence-corrected chi connectivity index (χ4v) is 4.09. The molecule has 0 aliphatic rings. The molecule has 6 heteroatoms. The van der Waals surface area contributed by atoms with Crippen molar-refractivity contribution in [3.8, 4) is 0 Å². The third-order valence-corrected chi connectivity index (χ3v) is 6.52. The van der Waals surface area contributed by atoms with Crippen molar-refractivity contribution in [1.82, 2.24) is 4.72 Å². The molecule has 30 heavy (non-hydrogen) atoms. The fraction of sp³-hybridized carbons (Fsp3) is 0.458. The van der Waals surface area contributed by atoms with Crippen LogP contribution in [0.5, 0.6) is 0 Å². The normalized spacial score (nSPS) is 13.1. The predicted octanol–water partition coefficient (Wildman–Crippen LogP) is 5.23. The van der Waals surface area contributed by atoms with Gasteiger partial charge in [0.15, 0.2) is 0 Å². The quantitative estimate of drug-likeness (QED) is 0.572. The number of hydrogen-bond donors (Lipinski definition) is 2. The first-order valence-electron chi connectivity index (χ1n) is 10.5. The number of nitrogens with one attached hydrogen (secondary N) is 2. The summed E-state index contributed by atoms with van der Waals surface area (Å²) in [5, 5.41) is 2.92. The second-order valence-electron chi connectivity index (χ2n) is 8.83. The van der Waals surface area contributed by atoms with Crippen molar-refractivity contribution in [2.24, 2.45) is 5.41 Å². The maximum Gasteiger partial charge on any atom is 0.240 e. The van der Waals surface area contributed by atoms with Crippen LogP contribution in [0.4, 0.5) is 5.69 Å². The summed E-state index contributed by atoms with van der Waals surface area (Å²) in [6, 6.07) is 14.6. The zero-order valence-electron chi connectivity index (χ0n) is 18.7. The van der Waals surface area contributed by atoms with E-state index in [9.17, 15) is 13.2 Å². The number of rotatable bonds is 9. The van der Waals surface area contributed by atoms with Gasteiger partial charge in [-0.05, 0) is 49.1 Å². The van der Waals surface area contributed by atoms with Gasteiger partial charge in [-0.1, -0.05) is 70.4 Å². The van der Waals surface area contributed by atoms with E-state index in [4.69, 9.17) is 0 Å². The summed E-state index contributed by atoms with van der Waals surface area (Å²) in [6.07, 6.45) is 2.95. The van der Waals surface area contributed by atoms with Gasteiger partial charge in [-0.25, -0.2) is 13.1 Å². The summed E-state index contributed by atoms with van der Waals surface area (Å²) < 4.78 is 28.1. The molecule has 1 unspecified atom stereocenters. The van der Waals surface area contributed by atoms with Crippen LogP contribution in [0.2, 0.25) is 0 Å². The topological polar surface area (TPSA) is 75.3 Å². The Bertz CT molecular complexity index is 928. The second-order valence-corrected chi connectivity index (χ2v) is 10.6. The van der Waals surface area contributed by atoms with Crippen LogP contribution in [-0.2, 0) is 14.8 Å². The van der Waals surface area contributed by atoms with Gasteiger partial charge in [0, 0.05) is 17.6 Å². The third kappa shape index (κ3) is 6.96. The molecule has 0 fully saturated rings. The molecule has 1 atom stereocenters. The van der Waals surface area contributed by atoms with Crippen LogP contribution >= 0.6 is 0 Å². The summed E-state index contributed by atoms with van der Waals surface area (Å²) in [5.74, 6) is 0.0289. The molecular formula is C24H34N2O3S. The van der Waals surface area contributed by atoms with Gasteiger partial charge in [0.05, 0.1) is 4.90 Å². The summed E-state index contributed by atoms with van der Waals surface area (Å²) in [4.78, 5) is 12.5. The molecule has 2 aromatic carbocycles. The number of hydrogen-bond acceptors (Lipinski definition) is 3. The van der Waals surface area contributed by atoms with E-state index in [1.54, 1.807) is 24.3 Å². The molecule has 0 radical (unpaired) electrons. The van der Waals surface area contributed by atoms with E-state index in [1.807, 2.05) is 52.0 Å². The lowest BCUT2D eigenvalue weighted by molar-refractivity contribution is -0.123. The number of sulfonamides is 1. The highest BCUT2D eigenvalue weighted by Crippen LogP contribution is 2.25. The lowest BCUT2D eigenvalue weighted by atomic mass is 9.93. The Morgan fingerprint density at radius 3 is 2.13 bits per heavy atom. The molecule has 0 aromatic heterocycles. The van der Waals surface area contributed by atoms with Crippen LogP contribution in [0.15, 0.2) is 53.4 Å². The van der Waals surface area contributed by atoms with Crippen LogP contribution in [0.3, 0.4) is 0 Å². The Balaban J connectivity index is 2.11. The average Bonchev–Trinajstić information content (AvgIpc) is 2.68. The van der Waals surface area contributed by atoms with E-state index < -0.39 is 15.4 Å². The summed E-state index contributed by atoms with van der Waals surface area (Å²) in [5.41, 5.74) is 2.36. The lowest BCUT2D eigenvalue weighted by Gasteiger charge is -2.20. The van der Waals surface area contributed by atoms with Crippen LogP contribution in [0, 0.1) is 12.3 Å². The Morgan fingerprint density at radius 1 is 1.00 bits per heavy atom. The van der Waals surface area contributed by atoms with Crippen molar-refractivity contribution < 1.29 is 13.2 Å². The number of aryl methyl sites for hydroxylation is 1. The maximum atomic E-state index is 12.7. The van der Waals surface area contributed by atoms with Gasteiger partial charge in [0.2, 0.25) is 15.9 Å². The zero-order chi connectivity index (χ0) is 22.4. The molecular weight excluding hydrogens is 396 g/mol. The molecule has 164 valence electrons. The van der Waals surface area contributed by atoms with Crippen LogP contribution in [0.1, 0.15) is 64.0 Å². The van der Waals surface area contributed by atoms with Crippen molar-refractivity contribution in [2.75, 3.05) is 11.9 Å². The summed E-state index contributed by atoms with van der Waals surface area (Å²) in [6.45, 7) is 10.0. The molecule has 2 rings (SSSR count). The van der Waals surface area contributed by atoms with E-state index in [2.05, 4.69) is 17.0 Å². The van der Waals surface area contributed by atoms with E-state index >= 15 is 0 Å². The van der Waals surface area contributed by atoms with E-state index in [-0.39, 0.29) is 16.7 Å². The van der Waals surface area contributed by atoms with Gasteiger partial charge in [-0.15, -0.1) is 0 Å². The monoisotopic (exact) mass is 430 g/mol. The Kier molecular flexibility index (Phi) is 8.21. The molecule has 2 aromatic rings. The van der Waals surface area contributed by atoms with Gasteiger partial charge in [-0.3, -0.25) is 4.79 Å². The van der Waals surface area contributed by atoms with Crippen molar-refractivity contribution in [3.05, 3.63) is 59.7 Å². The number of anilines is 1. The van der Waals surface area contributed by atoms with Crippen molar-refractivity contribution in [1.29, 1.82) is 0 Å². The van der Waals surface area contributed by atoms with Crippen molar-refractivity contribution in [2.45, 2.75) is 64.7 Å². The number of unbranched alkanes of at least 4 members (excludes halogenated alkanes) is 1. The predicted molar refractivity (Wildman–Crippen MR) is 123 cm³/mol. The highest BCUT2D eigenvalue weighted by atomic mass is 32.2. The first-order valence-corrected chi connectivity index (χ1v) is 12.0. The summed E-state index contributed by atoms with van der Waals surface area (Å²) >= 11 is 0. The molecule has 0 spiro atoms. The molecule has 0 bridgehead atoms. The number of amides is 1. The molecule has 2 N–H and O–H groups in total. The number of benzene rings is 2. The van der Waals surface area contributed by atoms with Gasteiger partial charge in [0.25, 0.3) is 0 Å². The minimum Gasteiger partial charge on any atom is -0.326 e. The van der Waals surface area contributed by atoms with E-state index in [0.717, 1.165) is 36.1 Å². The minimum absolute atomic E-state index is 0.0383. The Hall–Kier alpha value is -2.18. The SMILES string of the molecule is CCCCC(CNS(=O)(=O)c1ccc(C)cc1)c1ccc(NC(=O)C(C)(C)C)cc1. The van der Waals surface area contributed by atoms with Gasteiger partial charge >= 0.3 is 0 Å². The van der Waals surface area contributed by atoms with Crippen LogP contribution < -0.4 is 10.0 Å². The maximum absolute atomic E-state index is 12.7. The third-order valence-electron chi connectivity index (χ3n) is 5.08. The molecule has 1 amide bonds. The van der Waals surface area contributed by atoms with Gasteiger partial charge < -0.3 is 5.32 Å². The molecule has 0 aliphatic heterocycles. The zero-order valence-corrected chi connectivity index (χ0v) is 19.5. The molecule has 0 saturated carbocycles. The summed E-state index contributed by atoms with van der Waals surface area (Å²) in [7, 11) is -3.55. The average molecular weight is 431 g/mol. The second kappa shape index (κ2) is 10.2. The van der Waals surface area contributed by atoms with Crippen molar-refractivity contribution in [3.63, 3.8) is 0 Å². The molecule has 0 aliphatic carbocycles. The standard InChI is InChI=1S/C24H34N2O3S/c1-6-7-8-20(17-25-30(28,29)22-15-9-18(2)10-16-22)19-11-13-21(14-12-19)26-23(27)24(3,4)5/h9-16,20,25H,6-8,17H2,1-5H3,(H,26,27). The molecule has 5 nitrogen and oxygen atoms in total. The Labute approximate surface area is 181 Å². The first-order chi connectivity index (χ1) is 14.0. The smallest absolute Gasteiger partial charge is 0.240 e. The lowest BCUT2D eigenvalue weighted by Crippen LogP contribution is -2.29. The first kappa shape index (κ1) is 24.1. The molecule has 0 heterocycles. The molecule has 0 saturated heterocycles.